The van der Waals surface area contributed by atoms with E-state index in [9.17, 15) is 31.1 Å². The van der Waals surface area contributed by atoms with Crippen LogP contribution in [0, 0.1) is 0 Å². The first-order valence-electron chi connectivity index (χ1n) is 6.09. The van der Waals surface area contributed by atoms with Crippen molar-refractivity contribution in [2.75, 3.05) is 0 Å². The second kappa shape index (κ2) is 5.63. The number of rotatable bonds is 1. The molecule has 0 N–H and O–H groups in total. The fourth-order valence-electron chi connectivity index (χ4n) is 2.03. The molecule has 0 atom stereocenters. The molecule has 0 saturated heterocycles. The van der Waals surface area contributed by atoms with Gasteiger partial charge in [-0.15, -0.1) is 0 Å². The van der Waals surface area contributed by atoms with Crippen molar-refractivity contribution in [1.29, 1.82) is 0 Å². The van der Waals surface area contributed by atoms with E-state index in [0.29, 0.717) is 35.0 Å². The molecule has 2 rings (SSSR count). The van der Waals surface area contributed by atoms with Gasteiger partial charge in [0.05, 0.1) is 21.8 Å². The number of hydrogen-bond donors (Lipinski definition) is 0. The Morgan fingerprint density at radius 3 is 2.00 bits per heavy atom. The van der Waals surface area contributed by atoms with Gasteiger partial charge in [0.2, 0.25) is 0 Å². The fraction of sp³-hybridized carbons (Fsp3) is 0.154. The summed E-state index contributed by atoms with van der Waals surface area (Å²) in [7, 11) is 1.23. The number of benzene rings is 1. The first-order chi connectivity index (χ1) is 10.4. The van der Waals surface area contributed by atoms with Gasteiger partial charge in [0.1, 0.15) is 7.85 Å². The van der Waals surface area contributed by atoms with Gasteiger partial charge in [-0.25, -0.2) is 0 Å². The van der Waals surface area contributed by atoms with E-state index < -0.39 is 34.1 Å². The van der Waals surface area contributed by atoms with Gasteiger partial charge in [0.15, 0.2) is 0 Å². The Bertz CT molecular complexity index is 788. The summed E-state index contributed by atoms with van der Waals surface area (Å²) < 4.78 is 76.9. The third kappa shape index (κ3) is 3.55. The lowest BCUT2D eigenvalue weighted by atomic mass is 9.91. The second-order valence-electron chi connectivity index (χ2n) is 4.75. The largest absolute Gasteiger partial charge is 0.417 e. The van der Waals surface area contributed by atoms with Gasteiger partial charge in [-0.1, -0.05) is 23.1 Å². The molecule has 0 fully saturated rings. The van der Waals surface area contributed by atoms with Crippen molar-refractivity contribution in [3.63, 3.8) is 0 Å². The van der Waals surface area contributed by atoms with Crippen LogP contribution in [0.3, 0.4) is 0 Å². The summed E-state index contributed by atoms with van der Waals surface area (Å²) in [6.45, 7) is 0. The smallest absolute Gasteiger partial charge is 0.283 e. The number of halogens is 7. The van der Waals surface area contributed by atoms with E-state index in [0.717, 1.165) is 0 Å². The van der Waals surface area contributed by atoms with Crippen LogP contribution in [-0.4, -0.2) is 12.4 Å². The molecular formula is C13H7BClF6NO. The summed E-state index contributed by atoms with van der Waals surface area (Å²) in [4.78, 5) is 11.8. The molecular weight excluding hydrogens is 346 g/mol. The molecule has 1 aromatic carbocycles. The zero-order chi connectivity index (χ0) is 17.6. The van der Waals surface area contributed by atoms with Crippen LogP contribution in [0.2, 0.25) is 5.02 Å². The molecule has 0 unspecified atom stereocenters. The Morgan fingerprint density at radius 2 is 1.52 bits per heavy atom. The second-order valence-corrected chi connectivity index (χ2v) is 5.15. The Labute approximate surface area is 131 Å². The monoisotopic (exact) mass is 353 g/mol. The van der Waals surface area contributed by atoms with Gasteiger partial charge in [0, 0.05) is 12.3 Å². The lowest BCUT2D eigenvalue weighted by Crippen LogP contribution is -2.26. The predicted molar refractivity (Wildman–Crippen MR) is 75.2 cm³/mol. The first kappa shape index (κ1) is 17.5. The molecule has 122 valence electrons. The number of hydrogen-bond acceptors (Lipinski definition) is 1. The highest BCUT2D eigenvalue weighted by atomic mass is 35.5. The molecule has 0 saturated carbocycles. The normalized spacial score (nSPS) is 12.5. The average Bonchev–Trinajstić information content (AvgIpc) is 2.37. The lowest BCUT2D eigenvalue weighted by molar-refractivity contribution is -0.138. The summed E-state index contributed by atoms with van der Waals surface area (Å²) in [6.07, 6.45) is -8.86. The standard InChI is InChI=1S/C13H7BClF6NO/c14-8-3-7(13(19,20)21)4-9(15)11(8)22-5-6(12(16,17)18)1-2-10(22)23/h1-5H,14H2. The molecule has 2 aromatic rings. The van der Waals surface area contributed by atoms with E-state index in [1.54, 1.807) is 0 Å². The van der Waals surface area contributed by atoms with Crippen LogP contribution in [0.15, 0.2) is 35.3 Å². The number of pyridine rings is 1. The first-order valence-corrected chi connectivity index (χ1v) is 6.46. The van der Waals surface area contributed by atoms with Crippen LogP contribution in [0.5, 0.6) is 0 Å². The highest BCUT2D eigenvalue weighted by molar-refractivity contribution is 6.40. The van der Waals surface area contributed by atoms with E-state index in [1.165, 1.54) is 7.85 Å². The Balaban J connectivity index is 2.71. The van der Waals surface area contributed by atoms with E-state index in [4.69, 9.17) is 11.6 Å². The van der Waals surface area contributed by atoms with Gasteiger partial charge in [-0.3, -0.25) is 9.36 Å². The van der Waals surface area contributed by atoms with Crippen molar-refractivity contribution in [3.8, 4) is 5.69 Å². The van der Waals surface area contributed by atoms with Crippen molar-refractivity contribution in [2.24, 2.45) is 0 Å². The number of aromatic nitrogens is 1. The molecule has 10 heteroatoms. The summed E-state index contributed by atoms with van der Waals surface area (Å²) in [6, 6.07) is 2.55. The van der Waals surface area contributed by atoms with E-state index in [-0.39, 0.29) is 11.2 Å². The van der Waals surface area contributed by atoms with Crippen molar-refractivity contribution in [2.45, 2.75) is 12.4 Å². The maximum Gasteiger partial charge on any atom is 0.417 e. The molecule has 23 heavy (non-hydrogen) atoms. The molecule has 0 aliphatic rings. The quantitative estimate of drug-likeness (QED) is 0.571. The van der Waals surface area contributed by atoms with Gasteiger partial charge < -0.3 is 0 Å². The lowest BCUT2D eigenvalue weighted by Gasteiger charge is -2.16. The highest BCUT2D eigenvalue weighted by Crippen LogP contribution is 2.33. The van der Waals surface area contributed by atoms with E-state index in [2.05, 4.69) is 0 Å². The van der Waals surface area contributed by atoms with Crippen molar-refractivity contribution in [3.05, 3.63) is 57.0 Å². The summed E-state index contributed by atoms with van der Waals surface area (Å²) in [5, 5.41) is -0.473. The van der Waals surface area contributed by atoms with E-state index in [1.807, 2.05) is 0 Å². The minimum atomic E-state index is -4.71. The molecule has 0 spiro atoms. The molecule has 0 radical (unpaired) electrons. The third-order valence-corrected chi connectivity index (χ3v) is 3.35. The highest BCUT2D eigenvalue weighted by Gasteiger charge is 2.33. The predicted octanol–water partition coefficient (Wildman–Crippen LogP) is 2.79. The minimum absolute atomic E-state index is 0.0775. The summed E-state index contributed by atoms with van der Waals surface area (Å²) in [5.74, 6) is 0. The maximum atomic E-state index is 12.7. The topological polar surface area (TPSA) is 22.0 Å². The van der Waals surface area contributed by atoms with Gasteiger partial charge in [-0.05, 0) is 12.1 Å². The van der Waals surface area contributed by atoms with Gasteiger partial charge in [0.25, 0.3) is 5.56 Å². The number of nitrogens with zero attached hydrogens (tertiary/aromatic N) is 1. The molecule has 1 aromatic heterocycles. The molecule has 0 amide bonds. The molecule has 0 aliphatic carbocycles. The molecule has 0 bridgehead atoms. The Morgan fingerprint density at radius 1 is 0.957 bits per heavy atom. The van der Waals surface area contributed by atoms with Crippen molar-refractivity contribution >= 4 is 24.9 Å². The SMILES string of the molecule is Bc1cc(C(F)(F)F)cc(Cl)c1-n1cc(C(F)(F)F)ccc1=O. The fourth-order valence-corrected chi connectivity index (χ4v) is 2.39. The average molecular weight is 353 g/mol. The Kier molecular flexibility index (Phi) is 4.27. The van der Waals surface area contributed by atoms with Crippen molar-refractivity contribution < 1.29 is 26.3 Å². The zero-order valence-corrected chi connectivity index (χ0v) is 12.1. The molecule has 1 heterocycles. The third-order valence-electron chi connectivity index (χ3n) is 3.06. The molecule has 0 aliphatic heterocycles. The van der Waals surface area contributed by atoms with Crippen LogP contribution in [-0.2, 0) is 12.4 Å². The minimum Gasteiger partial charge on any atom is -0.283 e. The van der Waals surface area contributed by atoms with E-state index >= 15 is 0 Å². The summed E-state index contributed by atoms with van der Waals surface area (Å²) >= 11 is 5.77. The van der Waals surface area contributed by atoms with Crippen LogP contribution in [0.4, 0.5) is 26.3 Å². The van der Waals surface area contributed by atoms with Gasteiger partial charge >= 0.3 is 12.4 Å². The maximum absolute atomic E-state index is 12.7. The summed E-state index contributed by atoms with van der Waals surface area (Å²) in [5.41, 5.74) is -3.32. The van der Waals surface area contributed by atoms with Crippen LogP contribution < -0.4 is 11.0 Å². The van der Waals surface area contributed by atoms with Crippen LogP contribution in [0.25, 0.3) is 5.69 Å². The number of alkyl halides is 6. The van der Waals surface area contributed by atoms with Crippen molar-refractivity contribution in [1.82, 2.24) is 4.57 Å². The molecule has 2 nitrogen and oxygen atoms in total. The Hall–Kier alpha value is -1.90. The van der Waals surface area contributed by atoms with Crippen LogP contribution >= 0.6 is 11.6 Å². The zero-order valence-electron chi connectivity index (χ0n) is 11.4. The van der Waals surface area contributed by atoms with Gasteiger partial charge in [-0.2, -0.15) is 26.3 Å². The van der Waals surface area contributed by atoms with Crippen LogP contribution in [0.1, 0.15) is 11.1 Å².